The highest BCUT2D eigenvalue weighted by molar-refractivity contribution is 5.87. The number of esters is 2. The molecular formula is C14H20O4. The molecule has 0 radical (unpaired) electrons. The predicted molar refractivity (Wildman–Crippen MR) is 65.6 cm³/mol. The number of carbonyl (C=O) groups is 2. The first-order valence-corrected chi connectivity index (χ1v) is 6.47. The van der Waals surface area contributed by atoms with Crippen LogP contribution in [0.3, 0.4) is 0 Å². The maximum absolute atomic E-state index is 11.5. The third-order valence-corrected chi connectivity index (χ3v) is 4.05. The van der Waals surface area contributed by atoms with Gasteiger partial charge in [0, 0.05) is 12.5 Å². The Morgan fingerprint density at radius 2 is 1.89 bits per heavy atom. The minimum Gasteiger partial charge on any atom is -0.466 e. The van der Waals surface area contributed by atoms with Crippen molar-refractivity contribution >= 4 is 11.9 Å². The van der Waals surface area contributed by atoms with E-state index < -0.39 is 0 Å². The van der Waals surface area contributed by atoms with Crippen molar-refractivity contribution in [2.24, 2.45) is 17.8 Å². The predicted octanol–water partition coefficient (Wildman–Crippen LogP) is 2.08. The summed E-state index contributed by atoms with van der Waals surface area (Å²) in [6.07, 6.45) is 3.01. The normalized spacial score (nSPS) is 33.2. The minimum atomic E-state index is -0.288. The van der Waals surface area contributed by atoms with E-state index in [0.717, 1.165) is 19.3 Å². The Labute approximate surface area is 107 Å². The third-order valence-electron chi connectivity index (χ3n) is 4.05. The van der Waals surface area contributed by atoms with Crippen LogP contribution in [0.25, 0.3) is 0 Å². The Kier molecular flexibility index (Phi) is 3.73. The molecule has 2 saturated carbocycles. The van der Waals surface area contributed by atoms with Crippen LogP contribution >= 0.6 is 0 Å². The molecular weight excluding hydrogens is 232 g/mol. The van der Waals surface area contributed by atoms with E-state index in [1.807, 2.05) is 0 Å². The smallest absolute Gasteiger partial charge is 0.333 e. The number of hydrogen-bond acceptors (Lipinski definition) is 4. The van der Waals surface area contributed by atoms with Crippen LogP contribution in [0, 0.1) is 17.8 Å². The molecule has 4 atom stereocenters. The van der Waals surface area contributed by atoms with Gasteiger partial charge in [0.2, 0.25) is 0 Å². The van der Waals surface area contributed by atoms with Gasteiger partial charge in [-0.05, 0) is 43.9 Å². The Hall–Kier alpha value is -1.32. The largest absolute Gasteiger partial charge is 0.466 e. The zero-order valence-corrected chi connectivity index (χ0v) is 11.0. The van der Waals surface area contributed by atoms with Gasteiger partial charge in [0.05, 0.1) is 6.61 Å². The molecule has 2 bridgehead atoms. The van der Waals surface area contributed by atoms with Crippen molar-refractivity contribution in [3.63, 3.8) is 0 Å². The number of carbonyl (C=O) groups excluding carboxylic acids is 2. The van der Waals surface area contributed by atoms with Gasteiger partial charge >= 0.3 is 11.9 Å². The highest BCUT2D eigenvalue weighted by Crippen LogP contribution is 2.49. The van der Waals surface area contributed by atoms with E-state index in [-0.39, 0.29) is 18.0 Å². The summed E-state index contributed by atoms with van der Waals surface area (Å²) in [5.74, 6) is 0.891. The van der Waals surface area contributed by atoms with Gasteiger partial charge in [0.25, 0.3) is 0 Å². The second kappa shape index (κ2) is 5.12. The number of fused-ring (bicyclic) bond motifs is 2. The Bertz CT molecular complexity index is 374. The van der Waals surface area contributed by atoms with E-state index in [0.29, 0.717) is 29.9 Å². The topological polar surface area (TPSA) is 52.6 Å². The second-order valence-corrected chi connectivity index (χ2v) is 5.51. The molecule has 18 heavy (non-hydrogen) atoms. The monoisotopic (exact) mass is 252 g/mol. The van der Waals surface area contributed by atoms with Crippen molar-refractivity contribution in [1.29, 1.82) is 0 Å². The lowest BCUT2D eigenvalue weighted by atomic mass is 9.88. The fraction of sp³-hybridized carbons (Fsp3) is 0.714. The second-order valence-electron chi connectivity index (χ2n) is 5.51. The SMILES string of the molecule is C=C(C)C(=O)OC1CC2CC1CC2COC(C)=O. The maximum Gasteiger partial charge on any atom is 0.333 e. The van der Waals surface area contributed by atoms with Crippen molar-refractivity contribution in [2.45, 2.75) is 39.2 Å². The van der Waals surface area contributed by atoms with Crippen LogP contribution in [0.15, 0.2) is 12.2 Å². The van der Waals surface area contributed by atoms with E-state index in [9.17, 15) is 9.59 Å². The summed E-state index contributed by atoms with van der Waals surface area (Å²) in [7, 11) is 0. The van der Waals surface area contributed by atoms with Gasteiger partial charge < -0.3 is 9.47 Å². The molecule has 0 N–H and O–H groups in total. The van der Waals surface area contributed by atoms with Gasteiger partial charge in [-0.3, -0.25) is 4.79 Å². The van der Waals surface area contributed by atoms with Crippen molar-refractivity contribution in [3.8, 4) is 0 Å². The van der Waals surface area contributed by atoms with Crippen LogP contribution in [0.4, 0.5) is 0 Å². The molecule has 2 aliphatic carbocycles. The standard InChI is InChI=1S/C14H20O4/c1-8(2)14(16)18-13-6-10-4-11(13)5-12(10)7-17-9(3)15/h10-13H,1,4-7H2,2-3H3. The number of ether oxygens (including phenoxy) is 2. The average molecular weight is 252 g/mol. The van der Waals surface area contributed by atoms with Crippen LogP contribution in [-0.2, 0) is 19.1 Å². The van der Waals surface area contributed by atoms with E-state index >= 15 is 0 Å². The highest BCUT2D eigenvalue weighted by Gasteiger charge is 2.47. The Morgan fingerprint density at radius 3 is 2.39 bits per heavy atom. The van der Waals surface area contributed by atoms with Crippen molar-refractivity contribution in [2.75, 3.05) is 6.61 Å². The van der Waals surface area contributed by atoms with Crippen molar-refractivity contribution in [1.82, 2.24) is 0 Å². The molecule has 100 valence electrons. The molecule has 0 spiro atoms. The van der Waals surface area contributed by atoms with Gasteiger partial charge in [0.1, 0.15) is 6.10 Å². The zero-order chi connectivity index (χ0) is 13.3. The lowest BCUT2D eigenvalue weighted by Crippen LogP contribution is -2.29. The number of hydrogen-bond donors (Lipinski definition) is 0. The summed E-state index contributed by atoms with van der Waals surface area (Å²) in [6, 6.07) is 0. The molecule has 0 aliphatic heterocycles. The summed E-state index contributed by atoms with van der Waals surface area (Å²) in [4.78, 5) is 22.3. The number of rotatable bonds is 4. The molecule has 0 saturated heterocycles. The van der Waals surface area contributed by atoms with Gasteiger partial charge in [-0.25, -0.2) is 4.79 Å². The minimum absolute atomic E-state index is 0.0350. The fourth-order valence-corrected chi connectivity index (χ4v) is 3.15. The van der Waals surface area contributed by atoms with E-state index in [1.165, 1.54) is 6.92 Å². The summed E-state index contributed by atoms with van der Waals surface area (Å²) in [5.41, 5.74) is 0.453. The van der Waals surface area contributed by atoms with E-state index in [2.05, 4.69) is 6.58 Å². The first kappa shape index (κ1) is 13.1. The average Bonchev–Trinajstić information content (AvgIpc) is 2.85. The molecule has 4 nitrogen and oxygen atoms in total. The molecule has 0 aromatic carbocycles. The zero-order valence-electron chi connectivity index (χ0n) is 11.0. The van der Waals surface area contributed by atoms with Crippen molar-refractivity contribution in [3.05, 3.63) is 12.2 Å². The third kappa shape index (κ3) is 2.74. The first-order valence-electron chi connectivity index (χ1n) is 6.47. The van der Waals surface area contributed by atoms with Crippen LogP contribution < -0.4 is 0 Å². The van der Waals surface area contributed by atoms with Gasteiger partial charge in [-0.1, -0.05) is 6.58 Å². The molecule has 2 aliphatic rings. The molecule has 0 aromatic heterocycles. The van der Waals surface area contributed by atoms with E-state index in [4.69, 9.17) is 9.47 Å². The van der Waals surface area contributed by atoms with Gasteiger partial charge in [-0.15, -0.1) is 0 Å². The molecule has 0 aromatic rings. The molecule has 0 heterocycles. The molecule has 0 amide bonds. The maximum atomic E-state index is 11.5. The quantitative estimate of drug-likeness (QED) is 0.568. The summed E-state index contributed by atoms with van der Waals surface area (Å²) in [5, 5.41) is 0. The van der Waals surface area contributed by atoms with Gasteiger partial charge in [-0.2, -0.15) is 0 Å². The van der Waals surface area contributed by atoms with Crippen LogP contribution in [0.2, 0.25) is 0 Å². The van der Waals surface area contributed by atoms with Gasteiger partial charge in [0.15, 0.2) is 0 Å². The summed E-state index contributed by atoms with van der Waals surface area (Å²) >= 11 is 0. The van der Waals surface area contributed by atoms with Crippen LogP contribution in [0.5, 0.6) is 0 Å². The Morgan fingerprint density at radius 1 is 1.17 bits per heavy atom. The van der Waals surface area contributed by atoms with Crippen molar-refractivity contribution < 1.29 is 19.1 Å². The molecule has 4 heteroatoms. The summed E-state index contributed by atoms with van der Waals surface area (Å²) in [6.45, 7) is 7.20. The molecule has 2 fully saturated rings. The lowest BCUT2D eigenvalue weighted by Gasteiger charge is -2.27. The Balaban J connectivity index is 1.82. The molecule has 4 unspecified atom stereocenters. The van der Waals surface area contributed by atoms with Crippen LogP contribution in [-0.4, -0.2) is 24.6 Å². The molecule has 2 rings (SSSR count). The van der Waals surface area contributed by atoms with E-state index in [1.54, 1.807) is 6.92 Å². The lowest BCUT2D eigenvalue weighted by molar-refractivity contribution is -0.147. The highest BCUT2D eigenvalue weighted by atomic mass is 16.5. The summed E-state index contributed by atoms with van der Waals surface area (Å²) < 4.78 is 10.5. The first-order chi connectivity index (χ1) is 8.47. The fourth-order valence-electron chi connectivity index (χ4n) is 3.15. The van der Waals surface area contributed by atoms with Crippen LogP contribution in [0.1, 0.15) is 33.1 Å².